The fourth-order valence-electron chi connectivity index (χ4n) is 6.68. The number of ether oxygens (including phenoxy) is 2. The van der Waals surface area contributed by atoms with Crippen molar-refractivity contribution >= 4 is 12.1 Å². The maximum atomic E-state index is 12.7. The predicted molar refractivity (Wildman–Crippen MR) is 128 cm³/mol. The average Bonchev–Trinajstić information content (AvgIpc) is 3.22. The second-order valence-electron chi connectivity index (χ2n) is 11.9. The van der Waals surface area contributed by atoms with Crippen LogP contribution in [0.3, 0.4) is 0 Å². The molecule has 2 heterocycles. The lowest BCUT2D eigenvalue weighted by Gasteiger charge is -2.48. The average molecular weight is 496 g/mol. The number of carbonyl (C=O) groups is 2. The molecule has 2 N–H and O–H groups in total. The SMILES string of the molecule is CC(C)(C)OC(=O)N1CC(OC2CC(C3CCCCC3)NC3CCC([N+](=O)[O-])CC32)C[C@H]1C(=O)O. The fourth-order valence-corrected chi connectivity index (χ4v) is 6.68. The Balaban J connectivity index is 1.49. The summed E-state index contributed by atoms with van der Waals surface area (Å²) in [4.78, 5) is 37.3. The van der Waals surface area contributed by atoms with Crippen LogP contribution in [0.2, 0.25) is 0 Å². The van der Waals surface area contributed by atoms with Gasteiger partial charge >= 0.3 is 12.1 Å². The Labute approximate surface area is 207 Å². The van der Waals surface area contributed by atoms with E-state index in [2.05, 4.69) is 5.32 Å². The van der Waals surface area contributed by atoms with Gasteiger partial charge in [-0.05, 0) is 52.4 Å². The maximum absolute atomic E-state index is 12.7. The molecule has 0 aromatic carbocycles. The van der Waals surface area contributed by atoms with Gasteiger partial charge in [0.25, 0.3) is 0 Å². The van der Waals surface area contributed by atoms with Crippen LogP contribution < -0.4 is 5.32 Å². The van der Waals surface area contributed by atoms with Crippen molar-refractivity contribution in [3.8, 4) is 0 Å². The van der Waals surface area contributed by atoms with Crippen LogP contribution in [0.25, 0.3) is 0 Å². The molecule has 0 radical (unpaired) electrons. The summed E-state index contributed by atoms with van der Waals surface area (Å²) in [5, 5.41) is 25.2. The van der Waals surface area contributed by atoms with E-state index in [4.69, 9.17) is 9.47 Å². The highest BCUT2D eigenvalue weighted by Gasteiger charge is 2.49. The summed E-state index contributed by atoms with van der Waals surface area (Å²) in [6, 6.07) is -1.08. The van der Waals surface area contributed by atoms with Crippen LogP contribution in [0.4, 0.5) is 4.79 Å². The number of carboxylic acids is 1. The molecule has 7 atom stereocenters. The van der Waals surface area contributed by atoms with E-state index in [-0.39, 0.29) is 36.0 Å². The Morgan fingerprint density at radius 2 is 1.74 bits per heavy atom. The monoisotopic (exact) mass is 495 g/mol. The Morgan fingerprint density at radius 1 is 1.03 bits per heavy atom. The standard InChI is InChI=1S/C25H41N3O7/c1-25(2,3)35-24(31)27-14-17(12-21(27)23(29)30)34-22-13-20(15-7-5-4-6-8-15)26-19-10-9-16(28(32)33)11-18(19)22/h15-22,26H,4-14H2,1-3H3,(H,29,30)/t16?,17?,18?,19?,20?,21-,22?/m0/s1. The van der Waals surface area contributed by atoms with Gasteiger partial charge in [-0.15, -0.1) is 0 Å². The van der Waals surface area contributed by atoms with Crippen molar-refractivity contribution in [2.45, 2.75) is 127 Å². The molecule has 4 fully saturated rings. The molecule has 0 aromatic rings. The van der Waals surface area contributed by atoms with Gasteiger partial charge in [-0.2, -0.15) is 0 Å². The van der Waals surface area contributed by atoms with Gasteiger partial charge in [0.15, 0.2) is 0 Å². The molecule has 2 aliphatic carbocycles. The minimum Gasteiger partial charge on any atom is -0.480 e. The number of fused-ring (bicyclic) bond motifs is 1. The number of rotatable bonds is 5. The van der Waals surface area contributed by atoms with Crippen molar-refractivity contribution < 1.29 is 29.1 Å². The van der Waals surface area contributed by atoms with Gasteiger partial charge in [0.2, 0.25) is 6.04 Å². The smallest absolute Gasteiger partial charge is 0.411 e. The van der Waals surface area contributed by atoms with Crippen molar-refractivity contribution in [3.63, 3.8) is 0 Å². The summed E-state index contributed by atoms with van der Waals surface area (Å²) in [7, 11) is 0. The van der Waals surface area contributed by atoms with Crippen molar-refractivity contribution in [1.82, 2.24) is 10.2 Å². The Bertz CT molecular complexity index is 794. The molecule has 35 heavy (non-hydrogen) atoms. The van der Waals surface area contributed by atoms with Crippen LogP contribution in [0.15, 0.2) is 0 Å². The fraction of sp³-hybridized carbons (Fsp3) is 0.920. The molecule has 198 valence electrons. The van der Waals surface area contributed by atoms with Crippen molar-refractivity contribution in [1.29, 1.82) is 0 Å². The van der Waals surface area contributed by atoms with Crippen molar-refractivity contribution in [2.24, 2.45) is 11.8 Å². The lowest BCUT2D eigenvalue weighted by molar-refractivity contribution is -0.529. The van der Waals surface area contributed by atoms with Crippen LogP contribution in [-0.2, 0) is 14.3 Å². The number of piperidine rings is 1. The first-order valence-electron chi connectivity index (χ1n) is 13.3. The zero-order valence-electron chi connectivity index (χ0n) is 21.2. The first-order chi connectivity index (χ1) is 16.5. The Hall–Kier alpha value is -1.94. The molecule has 0 aromatic heterocycles. The van der Waals surface area contributed by atoms with Crippen molar-refractivity contribution in [3.05, 3.63) is 10.1 Å². The number of hydrogen-bond donors (Lipinski definition) is 2. The van der Waals surface area contributed by atoms with Gasteiger partial charge < -0.3 is 19.9 Å². The van der Waals surface area contributed by atoms with E-state index in [1.54, 1.807) is 20.8 Å². The third kappa shape index (κ3) is 6.25. The number of nitrogens with one attached hydrogen (secondary N) is 1. The Morgan fingerprint density at radius 3 is 2.37 bits per heavy atom. The van der Waals surface area contributed by atoms with Gasteiger partial charge in [-0.1, -0.05) is 19.3 Å². The van der Waals surface area contributed by atoms with Crippen LogP contribution in [-0.4, -0.2) is 75.5 Å². The number of likely N-dealkylation sites (tertiary alicyclic amines) is 1. The maximum Gasteiger partial charge on any atom is 0.411 e. The highest BCUT2D eigenvalue weighted by molar-refractivity contribution is 5.81. The molecule has 2 saturated carbocycles. The lowest BCUT2D eigenvalue weighted by Crippen LogP contribution is -2.60. The van der Waals surface area contributed by atoms with Gasteiger partial charge in [-0.25, -0.2) is 9.59 Å². The van der Waals surface area contributed by atoms with Gasteiger partial charge in [0, 0.05) is 42.2 Å². The number of nitro groups is 1. The van der Waals surface area contributed by atoms with E-state index in [0.29, 0.717) is 24.8 Å². The summed E-state index contributed by atoms with van der Waals surface area (Å²) in [5.74, 6) is -0.480. The lowest BCUT2D eigenvalue weighted by atomic mass is 9.70. The summed E-state index contributed by atoms with van der Waals surface area (Å²) in [6.45, 7) is 5.40. The topological polar surface area (TPSA) is 131 Å². The molecular formula is C25H41N3O7. The van der Waals surface area contributed by atoms with E-state index in [1.807, 2.05) is 0 Å². The van der Waals surface area contributed by atoms with E-state index >= 15 is 0 Å². The van der Waals surface area contributed by atoms with Crippen LogP contribution in [0.1, 0.15) is 85.0 Å². The first-order valence-corrected chi connectivity index (χ1v) is 13.3. The minimum atomic E-state index is -1.07. The largest absolute Gasteiger partial charge is 0.480 e. The zero-order valence-corrected chi connectivity index (χ0v) is 21.2. The molecule has 4 aliphatic rings. The number of hydrogen-bond acceptors (Lipinski definition) is 7. The third-order valence-corrected chi connectivity index (χ3v) is 8.32. The van der Waals surface area contributed by atoms with Gasteiger partial charge in [-0.3, -0.25) is 15.0 Å². The second-order valence-corrected chi connectivity index (χ2v) is 11.9. The predicted octanol–water partition coefficient (Wildman–Crippen LogP) is 3.59. The molecular weight excluding hydrogens is 454 g/mol. The van der Waals surface area contributed by atoms with E-state index in [1.165, 1.54) is 37.0 Å². The summed E-state index contributed by atoms with van der Waals surface area (Å²) in [5.41, 5.74) is -0.728. The molecule has 2 aliphatic heterocycles. The van der Waals surface area contributed by atoms with Crippen LogP contribution in [0, 0.1) is 22.0 Å². The number of aliphatic carboxylic acids is 1. The molecule has 10 nitrogen and oxygen atoms in total. The summed E-state index contributed by atoms with van der Waals surface area (Å²) < 4.78 is 12.0. The van der Waals surface area contributed by atoms with Crippen molar-refractivity contribution in [2.75, 3.05) is 6.54 Å². The third-order valence-electron chi connectivity index (χ3n) is 8.32. The molecule has 0 bridgehead atoms. The number of carboxylic acid groups (broad SMARTS) is 1. The van der Waals surface area contributed by atoms with Gasteiger partial charge in [0.05, 0.1) is 18.8 Å². The van der Waals surface area contributed by atoms with E-state index in [0.717, 1.165) is 12.8 Å². The number of nitrogens with zero attached hydrogens (tertiary/aromatic N) is 2. The minimum absolute atomic E-state index is 0.0119. The molecule has 2 saturated heterocycles. The van der Waals surface area contributed by atoms with Crippen LogP contribution >= 0.6 is 0 Å². The number of amides is 1. The zero-order chi connectivity index (χ0) is 25.3. The second kappa shape index (κ2) is 10.6. The van der Waals surface area contributed by atoms with E-state index in [9.17, 15) is 24.8 Å². The molecule has 0 spiro atoms. The molecule has 10 heteroatoms. The molecule has 4 rings (SSSR count). The van der Waals surface area contributed by atoms with E-state index < -0.39 is 35.9 Å². The molecule has 1 amide bonds. The summed E-state index contributed by atoms with van der Waals surface area (Å²) >= 11 is 0. The highest BCUT2D eigenvalue weighted by atomic mass is 16.6. The van der Waals surface area contributed by atoms with Crippen LogP contribution in [0.5, 0.6) is 0 Å². The highest BCUT2D eigenvalue weighted by Crippen LogP contribution is 2.40. The Kier molecular flexibility index (Phi) is 7.90. The molecule has 6 unspecified atom stereocenters. The first kappa shape index (κ1) is 26.1. The summed E-state index contributed by atoms with van der Waals surface area (Å²) in [6.07, 6.45) is 7.63. The quantitative estimate of drug-likeness (QED) is 0.437. The normalized spacial score (nSPS) is 36.4. The van der Waals surface area contributed by atoms with Gasteiger partial charge in [0.1, 0.15) is 11.6 Å². The number of carbonyl (C=O) groups excluding carboxylic acids is 1.